The highest BCUT2D eigenvalue weighted by Crippen LogP contribution is 2.41. The molecular weight excluding hydrogens is 116 g/mol. The fourth-order valence-electron chi connectivity index (χ4n) is 0.825. The highest BCUT2D eigenvalue weighted by atomic mass is 28.1. The van der Waals surface area contributed by atoms with Crippen LogP contribution < -0.4 is 9.92 Å². The summed E-state index contributed by atoms with van der Waals surface area (Å²) in [7, 11) is 1.10. The van der Waals surface area contributed by atoms with Crippen LogP contribution in [0.25, 0.3) is 0 Å². The van der Waals surface area contributed by atoms with Crippen LogP contribution in [0.5, 0.6) is 11.5 Å². The predicted molar refractivity (Wildman–Crippen MR) is 36.1 cm³/mol. The van der Waals surface area contributed by atoms with E-state index >= 15 is 0 Å². The first-order valence-corrected chi connectivity index (χ1v) is 3.65. The number of ether oxygens (including phenoxy) is 1. The van der Waals surface area contributed by atoms with Crippen molar-refractivity contribution in [2.75, 3.05) is 0 Å². The van der Waals surface area contributed by atoms with Gasteiger partial charge < -0.3 is 4.74 Å². The zero-order chi connectivity index (χ0) is 5.56. The third-order valence-corrected chi connectivity index (χ3v) is 2.13. The average Bonchev–Trinajstić information content (AvgIpc) is 2.45. The van der Waals surface area contributed by atoms with Crippen molar-refractivity contribution in [1.82, 2.24) is 0 Å². The van der Waals surface area contributed by atoms with Gasteiger partial charge in [0.25, 0.3) is 0 Å². The molecule has 0 aliphatic carbocycles. The quantitative estimate of drug-likeness (QED) is 0.348. The molecule has 1 heterocycles. The van der Waals surface area contributed by atoms with Gasteiger partial charge in [-0.2, -0.15) is 0 Å². The summed E-state index contributed by atoms with van der Waals surface area (Å²) in [5.74, 6) is 2.22. The molecule has 1 nitrogen and oxygen atoms in total. The molecule has 40 valence electrons. The van der Waals surface area contributed by atoms with Crippen molar-refractivity contribution in [3.8, 4) is 11.5 Å². The highest BCUT2D eigenvalue weighted by Gasteiger charge is 2.20. The summed E-state index contributed by atoms with van der Waals surface area (Å²) in [6, 6.07) is 6.14. The largest absolute Gasteiger partial charge is 0.450 e. The number of benzene rings is 1. The Balaban J connectivity index is 2.70. The Bertz CT molecular complexity index is 232. The molecule has 0 unspecified atom stereocenters. The Morgan fingerprint density at radius 1 is 1.38 bits per heavy atom. The van der Waals surface area contributed by atoms with Crippen molar-refractivity contribution < 1.29 is 4.74 Å². The van der Waals surface area contributed by atoms with Crippen molar-refractivity contribution in [2.24, 2.45) is 0 Å². The Labute approximate surface area is 50.7 Å². The molecule has 0 atom stereocenters. The second-order valence-corrected chi connectivity index (χ2v) is 3.08. The van der Waals surface area contributed by atoms with E-state index < -0.39 is 0 Å². The maximum Gasteiger partial charge on any atom is 0.169 e. The maximum absolute atomic E-state index is 5.10. The molecule has 0 fully saturated rings. The number of para-hydroxylation sites is 1. The lowest BCUT2D eigenvalue weighted by molar-refractivity contribution is 0.652. The van der Waals surface area contributed by atoms with Gasteiger partial charge in [-0.1, -0.05) is 12.1 Å². The van der Waals surface area contributed by atoms with Gasteiger partial charge in [0, 0.05) is 10.2 Å². The molecule has 0 saturated heterocycles. The van der Waals surface area contributed by atoms with E-state index in [4.69, 9.17) is 4.74 Å². The van der Waals surface area contributed by atoms with Crippen molar-refractivity contribution in [1.29, 1.82) is 0 Å². The fourth-order valence-corrected chi connectivity index (χ4v) is 1.37. The Hall–Kier alpha value is -0.763. The third kappa shape index (κ3) is 0.405. The van der Waals surface area contributed by atoms with E-state index in [1.807, 2.05) is 12.1 Å². The average molecular weight is 122 g/mol. The maximum atomic E-state index is 5.10. The van der Waals surface area contributed by atoms with E-state index in [1.165, 1.54) is 5.19 Å². The van der Waals surface area contributed by atoms with Crippen LogP contribution in [-0.4, -0.2) is 10.2 Å². The molecule has 0 N–H and O–H groups in total. The molecule has 0 saturated carbocycles. The summed E-state index contributed by atoms with van der Waals surface area (Å²) in [5.41, 5.74) is 0. The van der Waals surface area contributed by atoms with Crippen molar-refractivity contribution in [3.63, 3.8) is 0 Å². The summed E-state index contributed by atoms with van der Waals surface area (Å²) in [5, 5.41) is 1.38. The first-order valence-electron chi connectivity index (χ1n) is 2.65. The minimum Gasteiger partial charge on any atom is -0.450 e. The van der Waals surface area contributed by atoms with E-state index in [1.54, 1.807) is 0 Å². The minimum atomic E-state index is 1.08. The molecule has 1 aromatic rings. The second-order valence-electron chi connectivity index (χ2n) is 2.00. The number of rotatable bonds is 0. The highest BCUT2D eigenvalue weighted by molar-refractivity contribution is 6.35. The lowest BCUT2D eigenvalue weighted by Crippen LogP contribution is -1.94. The molecule has 8 heavy (non-hydrogen) atoms. The topological polar surface area (TPSA) is 12.5 Å². The minimum absolute atomic E-state index is 1.08. The predicted octanol–water partition coefficient (Wildman–Crippen LogP) is -0.217. The van der Waals surface area contributed by atoms with Crippen LogP contribution >= 0.6 is 0 Å². The number of fused-ring (bicyclic) bond motifs is 1. The van der Waals surface area contributed by atoms with E-state index in [0.29, 0.717) is 0 Å². The van der Waals surface area contributed by atoms with Gasteiger partial charge in [-0.15, -0.1) is 0 Å². The standard InChI is InChI=1S/C6H6OSi/c8-5-3-1-2-4-6(5)7-4/h1-3H,8H3. The van der Waals surface area contributed by atoms with Gasteiger partial charge in [-0.05, 0) is 11.3 Å². The monoisotopic (exact) mass is 122 g/mol. The van der Waals surface area contributed by atoms with E-state index in [-0.39, 0.29) is 0 Å². The molecule has 2 rings (SSSR count). The van der Waals surface area contributed by atoms with E-state index in [2.05, 4.69) is 6.07 Å². The molecule has 0 bridgehead atoms. The third-order valence-electron chi connectivity index (χ3n) is 1.35. The lowest BCUT2D eigenvalue weighted by Gasteiger charge is -1.76. The summed E-state index contributed by atoms with van der Waals surface area (Å²) in [6.07, 6.45) is 0. The van der Waals surface area contributed by atoms with Gasteiger partial charge >= 0.3 is 0 Å². The molecule has 0 radical (unpaired) electrons. The van der Waals surface area contributed by atoms with Crippen LogP contribution in [-0.2, 0) is 0 Å². The summed E-state index contributed by atoms with van der Waals surface area (Å²) in [6.45, 7) is 0. The van der Waals surface area contributed by atoms with Crippen LogP contribution in [0.15, 0.2) is 18.2 Å². The molecule has 1 aromatic carbocycles. The van der Waals surface area contributed by atoms with Gasteiger partial charge in [-0.25, -0.2) is 0 Å². The molecule has 0 spiro atoms. The van der Waals surface area contributed by atoms with E-state index in [9.17, 15) is 0 Å². The van der Waals surface area contributed by atoms with Gasteiger partial charge in [0.15, 0.2) is 11.5 Å². The molecule has 0 aromatic heterocycles. The fraction of sp³-hybridized carbons (Fsp3) is 0. The summed E-state index contributed by atoms with van der Waals surface area (Å²) in [4.78, 5) is 0. The Kier molecular flexibility index (Phi) is 0.592. The van der Waals surface area contributed by atoms with Crippen molar-refractivity contribution >= 4 is 15.4 Å². The Morgan fingerprint density at radius 3 is 2.88 bits per heavy atom. The molecule has 0 amide bonds. The molecule has 1 aliphatic heterocycles. The lowest BCUT2D eigenvalue weighted by atomic mass is 10.4. The van der Waals surface area contributed by atoms with Crippen LogP contribution in [0.4, 0.5) is 0 Å². The SMILES string of the molecule is [SiH3]c1cccc2c1O2. The molecular formula is C6H6OSi. The van der Waals surface area contributed by atoms with E-state index in [0.717, 1.165) is 21.7 Å². The zero-order valence-corrected chi connectivity index (χ0v) is 6.64. The van der Waals surface area contributed by atoms with Crippen LogP contribution in [0.1, 0.15) is 0 Å². The molecule has 1 aliphatic rings. The zero-order valence-electron chi connectivity index (χ0n) is 4.64. The van der Waals surface area contributed by atoms with Gasteiger partial charge in [0.2, 0.25) is 0 Å². The second kappa shape index (κ2) is 1.14. The van der Waals surface area contributed by atoms with Crippen molar-refractivity contribution in [2.45, 2.75) is 0 Å². The molecule has 2 heteroatoms. The van der Waals surface area contributed by atoms with Gasteiger partial charge in [-0.3, -0.25) is 0 Å². The van der Waals surface area contributed by atoms with Crippen LogP contribution in [0.2, 0.25) is 0 Å². The Morgan fingerprint density at radius 2 is 2.25 bits per heavy atom. The van der Waals surface area contributed by atoms with Crippen LogP contribution in [0.3, 0.4) is 0 Å². The number of hydrogen-bond donors (Lipinski definition) is 0. The summed E-state index contributed by atoms with van der Waals surface area (Å²) < 4.78 is 5.10. The van der Waals surface area contributed by atoms with Crippen LogP contribution in [0, 0.1) is 0 Å². The number of hydrogen-bond acceptors (Lipinski definition) is 1. The first-order chi connectivity index (χ1) is 3.88. The van der Waals surface area contributed by atoms with Crippen molar-refractivity contribution in [3.05, 3.63) is 18.2 Å². The normalized spacial score (nSPS) is 12.5. The summed E-state index contributed by atoms with van der Waals surface area (Å²) >= 11 is 0. The van der Waals surface area contributed by atoms with Gasteiger partial charge in [0.1, 0.15) is 0 Å². The first kappa shape index (κ1) is 4.15. The van der Waals surface area contributed by atoms with Gasteiger partial charge in [0.05, 0.1) is 0 Å². The smallest absolute Gasteiger partial charge is 0.169 e.